The number of carbonyl (C=O) groups excluding carboxylic acids is 4. The molecule has 0 aliphatic rings. The Hall–Kier alpha value is -4.02. The van der Waals surface area contributed by atoms with Crippen molar-refractivity contribution in [2.24, 2.45) is 0 Å². The van der Waals surface area contributed by atoms with Crippen LogP contribution in [0.25, 0.3) is 0 Å². The van der Waals surface area contributed by atoms with E-state index in [2.05, 4.69) is 125 Å². The molecule has 0 saturated heterocycles. The predicted octanol–water partition coefficient (Wildman–Crippen LogP) is 22.0. The van der Waals surface area contributed by atoms with Gasteiger partial charge in [-0.2, -0.15) is 0 Å². The standard InChI is InChI=1S/C79H138O17P2/c1-5-9-13-17-21-25-29-33-34-35-36-37-38-42-44-48-52-56-60-64-77(82)90-70-75(96-79(84)66-62-58-54-50-46-41-32-28-24-20-16-12-8-4)72-94-98(87,88)92-68-73(80)67-91-97(85,86)93-71-74(95-78(83)65-61-57-53-49-45-40-31-27-23-19-15-11-7-3)69-89-76(81)63-59-55-51-47-43-39-30-26-22-18-14-10-6-2/h9,13-14,18,21,25-28,30-34,36-37,73-75,80H,5-8,10-12,15-17,19-20,22-24,29,35,38-72H2,1-4H3,(H,85,86)(H,87,88)/b13-9-,18-14-,25-21-,30-26-,31-27-,32-28-,34-33-,37-36-. The van der Waals surface area contributed by atoms with E-state index in [-0.39, 0.29) is 25.7 Å². The third-order valence-electron chi connectivity index (χ3n) is 16.0. The van der Waals surface area contributed by atoms with E-state index in [1.807, 2.05) is 0 Å². The molecule has 0 fully saturated rings. The first-order valence-corrected chi connectivity index (χ1v) is 41.5. The number of unbranched alkanes of at least 4 members (excludes halogenated alkanes) is 30. The molecule has 0 aromatic heterocycles. The molecule has 19 heteroatoms. The van der Waals surface area contributed by atoms with Gasteiger partial charge in [0.1, 0.15) is 19.3 Å². The fourth-order valence-electron chi connectivity index (χ4n) is 10.1. The van der Waals surface area contributed by atoms with Gasteiger partial charge in [0.25, 0.3) is 0 Å². The lowest BCUT2D eigenvalue weighted by Gasteiger charge is -2.21. The molecule has 0 amide bonds. The maximum Gasteiger partial charge on any atom is 0.472 e. The number of phosphoric ester groups is 2. The third kappa shape index (κ3) is 70.4. The van der Waals surface area contributed by atoms with Crippen molar-refractivity contribution in [1.29, 1.82) is 0 Å². The van der Waals surface area contributed by atoms with Crippen LogP contribution in [0.5, 0.6) is 0 Å². The Balaban J connectivity index is 5.34. The highest BCUT2D eigenvalue weighted by atomic mass is 31.2. The number of aliphatic hydroxyl groups excluding tert-OH is 1. The van der Waals surface area contributed by atoms with Gasteiger partial charge in [0, 0.05) is 25.7 Å². The van der Waals surface area contributed by atoms with Crippen molar-refractivity contribution in [3.63, 3.8) is 0 Å². The largest absolute Gasteiger partial charge is 0.472 e. The number of ether oxygens (including phenoxy) is 4. The molecule has 5 unspecified atom stereocenters. The summed E-state index contributed by atoms with van der Waals surface area (Å²) < 4.78 is 68.4. The van der Waals surface area contributed by atoms with Crippen LogP contribution in [0, 0.1) is 0 Å². The lowest BCUT2D eigenvalue weighted by Crippen LogP contribution is -2.30. The number of carbonyl (C=O) groups is 4. The van der Waals surface area contributed by atoms with Gasteiger partial charge in [-0.3, -0.25) is 37.3 Å². The van der Waals surface area contributed by atoms with E-state index in [0.717, 1.165) is 193 Å². The van der Waals surface area contributed by atoms with Crippen LogP contribution in [0.15, 0.2) is 97.2 Å². The van der Waals surface area contributed by atoms with Gasteiger partial charge in [0.05, 0.1) is 26.4 Å². The molecule has 0 rings (SSSR count). The minimum Gasteiger partial charge on any atom is -0.462 e. The van der Waals surface area contributed by atoms with Crippen LogP contribution in [-0.2, 0) is 65.4 Å². The Morgan fingerprint density at radius 1 is 0.296 bits per heavy atom. The average Bonchev–Trinajstić information content (AvgIpc) is 0.966. The summed E-state index contributed by atoms with van der Waals surface area (Å²) in [7, 11) is -9.95. The molecule has 0 heterocycles. The van der Waals surface area contributed by atoms with Crippen molar-refractivity contribution >= 4 is 39.5 Å². The van der Waals surface area contributed by atoms with Crippen molar-refractivity contribution < 1.29 is 80.2 Å². The zero-order valence-corrected chi connectivity index (χ0v) is 63.5. The number of allylic oxidation sites excluding steroid dienone is 16. The predicted molar refractivity (Wildman–Crippen MR) is 399 cm³/mol. The molecule has 0 aromatic carbocycles. The number of hydrogen-bond acceptors (Lipinski definition) is 15. The minimum atomic E-state index is -4.98. The van der Waals surface area contributed by atoms with Crippen molar-refractivity contribution in [3.8, 4) is 0 Å². The van der Waals surface area contributed by atoms with Gasteiger partial charge >= 0.3 is 39.5 Å². The van der Waals surface area contributed by atoms with Crippen LogP contribution in [0.2, 0.25) is 0 Å². The second-order valence-electron chi connectivity index (χ2n) is 25.6. The van der Waals surface area contributed by atoms with Gasteiger partial charge in [0.2, 0.25) is 0 Å². The number of phosphoric acid groups is 2. The quantitative estimate of drug-likeness (QED) is 0.0169. The number of hydrogen-bond donors (Lipinski definition) is 3. The molecule has 0 spiro atoms. The summed E-state index contributed by atoms with van der Waals surface area (Å²) in [6, 6.07) is 0. The van der Waals surface area contributed by atoms with Gasteiger partial charge in [0.15, 0.2) is 12.2 Å². The molecule has 98 heavy (non-hydrogen) atoms. The van der Waals surface area contributed by atoms with E-state index in [4.69, 9.17) is 37.0 Å². The number of aliphatic hydroxyl groups is 1. The van der Waals surface area contributed by atoms with E-state index in [1.165, 1.54) is 51.4 Å². The van der Waals surface area contributed by atoms with E-state index >= 15 is 0 Å². The van der Waals surface area contributed by atoms with Gasteiger partial charge in [-0.05, 0) is 141 Å². The molecule has 0 saturated carbocycles. The molecule has 5 atom stereocenters. The highest BCUT2D eigenvalue weighted by molar-refractivity contribution is 7.47. The van der Waals surface area contributed by atoms with Crippen LogP contribution in [0.3, 0.4) is 0 Å². The third-order valence-corrected chi connectivity index (χ3v) is 17.9. The smallest absolute Gasteiger partial charge is 0.462 e. The maximum absolute atomic E-state index is 13.1. The topological polar surface area (TPSA) is 237 Å². The summed E-state index contributed by atoms with van der Waals surface area (Å²) in [5.41, 5.74) is 0. The first-order chi connectivity index (χ1) is 47.7. The number of esters is 4. The first-order valence-electron chi connectivity index (χ1n) is 38.5. The average molecular weight is 1420 g/mol. The fraction of sp³-hybridized carbons (Fsp3) is 0.747. The van der Waals surface area contributed by atoms with Crippen molar-refractivity contribution in [2.45, 2.75) is 341 Å². The molecule has 0 radical (unpaired) electrons. The van der Waals surface area contributed by atoms with Crippen molar-refractivity contribution in [3.05, 3.63) is 97.2 Å². The second kappa shape index (κ2) is 71.4. The van der Waals surface area contributed by atoms with Crippen LogP contribution in [0.1, 0.15) is 323 Å². The molecule has 17 nitrogen and oxygen atoms in total. The zero-order valence-electron chi connectivity index (χ0n) is 61.7. The van der Waals surface area contributed by atoms with E-state index in [0.29, 0.717) is 25.7 Å². The maximum atomic E-state index is 13.1. The van der Waals surface area contributed by atoms with Gasteiger partial charge in [-0.15, -0.1) is 0 Å². The SMILES string of the molecule is CC/C=C\C/C=C\C/C=C\C/C=C\CCCCCCCCC(=O)OCC(COP(=O)(O)OCC(O)COP(=O)(O)OCC(COC(=O)CCCCCCC/C=C\C/C=C\CCC)OC(=O)CCCCCCC/C=C\CCCCCC)OC(=O)CCCCCCC/C=C\CCCCCC. The zero-order chi connectivity index (χ0) is 71.8. The summed E-state index contributed by atoms with van der Waals surface area (Å²) in [5.74, 6) is -2.21. The molecular weight excluding hydrogens is 1280 g/mol. The van der Waals surface area contributed by atoms with E-state index < -0.39 is 97.5 Å². The second-order valence-corrected chi connectivity index (χ2v) is 28.5. The Morgan fingerprint density at radius 2 is 0.551 bits per heavy atom. The fourth-order valence-corrected chi connectivity index (χ4v) is 11.7. The van der Waals surface area contributed by atoms with Crippen LogP contribution >= 0.6 is 15.6 Å². The molecule has 0 aromatic rings. The highest BCUT2D eigenvalue weighted by Gasteiger charge is 2.30. The summed E-state index contributed by atoms with van der Waals surface area (Å²) >= 11 is 0. The molecule has 566 valence electrons. The van der Waals surface area contributed by atoms with Gasteiger partial charge in [-0.25, -0.2) is 9.13 Å². The normalized spacial score (nSPS) is 14.5. The van der Waals surface area contributed by atoms with Crippen LogP contribution < -0.4 is 0 Å². The summed E-state index contributed by atoms with van der Waals surface area (Å²) in [6.45, 7) is 4.63. The summed E-state index contributed by atoms with van der Waals surface area (Å²) in [5, 5.41) is 10.6. The molecule has 0 bridgehead atoms. The molecule has 3 N–H and O–H groups in total. The lowest BCUT2D eigenvalue weighted by molar-refractivity contribution is -0.161. The summed E-state index contributed by atoms with van der Waals surface area (Å²) in [4.78, 5) is 72.8. The molecule has 0 aliphatic carbocycles. The summed E-state index contributed by atoms with van der Waals surface area (Å²) in [6.07, 6.45) is 73.9. The first kappa shape index (κ1) is 94.0. The Bertz CT molecular complexity index is 2240. The Labute approximate surface area is 595 Å². The Morgan fingerprint density at radius 3 is 0.867 bits per heavy atom. The lowest BCUT2D eigenvalue weighted by atomic mass is 10.1. The number of rotatable bonds is 72. The monoisotopic (exact) mass is 1420 g/mol. The Kier molecular flexibility index (Phi) is 68.4. The molecule has 0 aliphatic heterocycles. The van der Waals surface area contributed by atoms with Crippen molar-refractivity contribution in [2.75, 3.05) is 39.6 Å². The van der Waals surface area contributed by atoms with E-state index in [9.17, 15) is 43.2 Å². The minimum absolute atomic E-state index is 0.0813. The van der Waals surface area contributed by atoms with Crippen LogP contribution in [-0.4, -0.2) is 96.7 Å². The molecular formula is C79H138O17P2. The van der Waals surface area contributed by atoms with Gasteiger partial charge < -0.3 is 33.8 Å². The van der Waals surface area contributed by atoms with Gasteiger partial charge in [-0.1, -0.05) is 253 Å². The highest BCUT2D eigenvalue weighted by Crippen LogP contribution is 2.45. The van der Waals surface area contributed by atoms with Crippen LogP contribution in [0.4, 0.5) is 0 Å². The van der Waals surface area contributed by atoms with E-state index in [1.54, 1.807) is 0 Å². The van der Waals surface area contributed by atoms with Crippen molar-refractivity contribution in [1.82, 2.24) is 0 Å².